The first kappa shape index (κ1) is 11.1. The van der Waals surface area contributed by atoms with E-state index in [0.29, 0.717) is 27.1 Å². The van der Waals surface area contributed by atoms with Crippen molar-refractivity contribution in [2.45, 2.75) is 0 Å². The minimum atomic E-state index is 0.0815. The van der Waals surface area contributed by atoms with Crippen molar-refractivity contribution in [3.05, 3.63) is 28.4 Å². The number of ether oxygens (including phenoxy) is 1. The van der Waals surface area contributed by atoms with Gasteiger partial charge in [0.1, 0.15) is 17.7 Å². The van der Waals surface area contributed by atoms with Gasteiger partial charge in [0.05, 0.1) is 17.2 Å². The fourth-order valence-electron chi connectivity index (χ4n) is 1.29. The molecule has 0 aliphatic carbocycles. The van der Waals surface area contributed by atoms with E-state index >= 15 is 0 Å². The van der Waals surface area contributed by atoms with Crippen LogP contribution in [0, 0.1) is 0 Å². The third-order valence-corrected chi connectivity index (χ3v) is 2.65. The summed E-state index contributed by atoms with van der Waals surface area (Å²) in [5.74, 6) is 0.506. The van der Waals surface area contributed by atoms with Crippen molar-refractivity contribution in [3.8, 4) is 17.0 Å². The van der Waals surface area contributed by atoms with Gasteiger partial charge in [0.25, 0.3) is 6.01 Å². The lowest BCUT2D eigenvalue weighted by Crippen LogP contribution is -1.88. The maximum Gasteiger partial charge on any atom is 0.292 e. The maximum atomic E-state index is 6.06. The number of aromatic nitrogens is 1. The molecule has 0 unspecified atom stereocenters. The van der Waals surface area contributed by atoms with Gasteiger partial charge in [0, 0.05) is 11.6 Å². The molecule has 0 atom stereocenters. The summed E-state index contributed by atoms with van der Waals surface area (Å²) in [6, 6.07) is 3.35. The lowest BCUT2D eigenvalue weighted by atomic mass is 10.1. The molecular formula is C10H8Cl2N2O2. The molecular weight excluding hydrogens is 251 g/mol. The Balaban J connectivity index is 2.54. The molecule has 1 aromatic heterocycles. The van der Waals surface area contributed by atoms with Crippen LogP contribution >= 0.6 is 23.2 Å². The highest BCUT2D eigenvalue weighted by Crippen LogP contribution is 2.36. The van der Waals surface area contributed by atoms with Gasteiger partial charge >= 0.3 is 0 Å². The molecule has 0 amide bonds. The van der Waals surface area contributed by atoms with Gasteiger partial charge in [-0.1, -0.05) is 23.2 Å². The monoisotopic (exact) mass is 258 g/mol. The summed E-state index contributed by atoms with van der Waals surface area (Å²) < 4.78 is 9.94. The Morgan fingerprint density at radius 2 is 2.06 bits per heavy atom. The normalized spacial score (nSPS) is 10.4. The molecule has 16 heavy (non-hydrogen) atoms. The summed E-state index contributed by atoms with van der Waals surface area (Å²) >= 11 is 12.0. The van der Waals surface area contributed by atoms with Crippen LogP contribution in [-0.2, 0) is 0 Å². The van der Waals surface area contributed by atoms with Gasteiger partial charge in [-0.25, -0.2) is 0 Å². The Hall–Kier alpha value is -1.39. The number of rotatable bonds is 2. The summed E-state index contributed by atoms with van der Waals surface area (Å²) in [7, 11) is 1.52. The first-order valence-electron chi connectivity index (χ1n) is 4.36. The van der Waals surface area contributed by atoms with Crippen LogP contribution in [0.15, 0.2) is 22.8 Å². The fourth-order valence-corrected chi connectivity index (χ4v) is 1.78. The van der Waals surface area contributed by atoms with Crippen molar-refractivity contribution in [3.63, 3.8) is 0 Å². The molecule has 0 bridgehead atoms. The predicted molar refractivity (Wildman–Crippen MR) is 62.9 cm³/mol. The van der Waals surface area contributed by atoms with E-state index in [0.717, 1.165) is 0 Å². The lowest BCUT2D eigenvalue weighted by Gasteiger charge is -2.06. The number of benzene rings is 1. The van der Waals surface area contributed by atoms with E-state index in [1.165, 1.54) is 13.4 Å². The largest absolute Gasteiger partial charge is 0.495 e. The minimum absolute atomic E-state index is 0.0815. The SMILES string of the molecule is COc1cc(Cl)c(-c2coc(N)n2)cc1Cl. The number of halogens is 2. The highest BCUT2D eigenvalue weighted by Gasteiger charge is 2.12. The first-order chi connectivity index (χ1) is 7.61. The van der Waals surface area contributed by atoms with E-state index in [1.807, 2.05) is 0 Å². The number of anilines is 1. The number of oxazole rings is 1. The van der Waals surface area contributed by atoms with Gasteiger partial charge in [-0.05, 0) is 6.07 Å². The van der Waals surface area contributed by atoms with E-state index in [2.05, 4.69) is 4.98 Å². The van der Waals surface area contributed by atoms with Gasteiger partial charge in [0.15, 0.2) is 0 Å². The Bertz CT molecular complexity index is 526. The summed E-state index contributed by atoms with van der Waals surface area (Å²) in [5, 5.41) is 0.915. The molecule has 0 spiro atoms. The molecule has 0 radical (unpaired) electrons. The Labute approximate surface area is 102 Å². The zero-order valence-corrected chi connectivity index (χ0v) is 9.84. The molecule has 4 nitrogen and oxygen atoms in total. The Morgan fingerprint density at radius 1 is 1.31 bits per heavy atom. The van der Waals surface area contributed by atoms with E-state index in [9.17, 15) is 0 Å². The third kappa shape index (κ3) is 1.94. The van der Waals surface area contributed by atoms with Crippen molar-refractivity contribution in [2.24, 2.45) is 0 Å². The van der Waals surface area contributed by atoms with Crippen molar-refractivity contribution >= 4 is 29.2 Å². The van der Waals surface area contributed by atoms with Crippen LogP contribution in [0.2, 0.25) is 10.0 Å². The summed E-state index contributed by atoms with van der Waals surface area (Å²) in [4.78, 5) is 3.97. The first-order valence-corrected chi connectivity index (χ1v) is 5.12. The highest BCUT2D eigenvalue weighted by atomic mass is 35.5. The van der Waals surface area contributed by atoms with E-state index in [4.69, 9.17) is 38.1 Å². The van der Waals surface area contributed by atoms with Crippen LogP contribution in [0.5, 0.6) is 5.75 Å². The standard InChI is InChI=1S/C10H8Cl2N2O2/c1-15-9-3-6(11)5(2-7(9)12)8-4-16-10(13)14-8/h2-4H,1H3,(H2,13,14). The van der Waals surface area contributed by atoms with Crippen LogP contribution < -0.4 is 10.5 Å². The second-order valence-corrected chi connectivity index (χ2v) is 3.85. The number of nitrogens with two attached hydrogens (primary N) is 1. The molecule has 84 valence electrons. The van der Waals surface area contributed by atoms with E-state index < -0.39 is 0 Å². The van der Waals surface area contributed by atoms with Gasteiger partial charge in [-0.3, -0.25) is 0 Å². The zero-order chi connectivity index (χ0) is 11.7. The average molecular weight is 259 g/mol. The van der Waals surface area contributed by atoms with Gasteiger partial charge in [0.2, 0.25) is 0 Å². The van der Waals surface area contributed by atoms with Crippen molar-refractivity contribution in [2.75, 3.05) is 12.8 Å². The third-order valence-electron chi connectivity index (χ3n) is 2.04. The number of nitrogen functional groups attached to an aromatic ring is 1. The highest BCUT2D eigenvalue weighted by molar-refractivity contribution is 6.36. The molecule has 1 aromatic carbocycles. The van der Waals surface area contributed by atoms with Crippen LogP contribution in [-0.4, -0.2) is 12.1 Å². The molecule has 6 heteroatoms. The predicted octanol–water partition coefficient (Wildman–Crippen LogP) is 3.24. The summed E-state index contributed by atoms with van der Waals surface area (Å²) in [5.41, 5.74) is 6.56. The van der Waals surface area contributed by atoms with Gasteiger partial charge in [-0.2, -0.15) is 4.98 Å². The lowest BCUT2D eigenvalue weighted by molar-refractivity contribution is 0.415. The van der Waals surface area contributed by atoms with E-state index in [1.54, 1.807) is 12.1 Å². The van der Waals surface area contributed by atoms with Crippen LogP contribution in [0.1, 0.15) is 0 Å². The molecule has 2 aromatic rings. The summed E-state index contributed by atoms with van der Waals surface area (Å²) in [6.45, 7) is 0. The van der Waals surface area contributed by atoms with E-state index in [-0.39, 0.29) is 6.01 Å². The number of methoxy groups -OCH3 is 1. The minimum Gasteiger partial charge on any atom is -0.495 e. The second-order valence-electron chi connectivity index (χ2n) is 3.04. The second kappa shape index (κ2) is 4.23. The van der Waals surface area contributed by atoms with Crippen molar-refractivity contribution in [1.29, 1.82) is 0 Å². The fraction of sp³-hybridized carbons (Fsp3) is 0.100. The molecule has 0 aliphatic rings. The molecule has 2 rings (SSSR count). The quantitative estimate of drug-likeness (QED) is 0.899. The van der Waals surface area contributed by atoms with Crippen molar-refractivity contribution in [1.82, 2.24) is 4.98 Å². The Kier molecular flexibility index (Phi) is 2.94. The molecule has 0 saturated carbocycles. The molecule has 2 N–H and O–H groups in total. The Morgan fingerprint density at radius 3 is 2.62 bits per heavy atom. The maximum absolute atomic E-state index is 6.06. The zero-order valence-electron chi connectivity index (χ0n) is 8.33. The molecule has 1 heterocycles. The topological polar surface area (TPSA) is 61.3 Å². The number of hydrogen-bond donors (Lipinski definition) is 1. The number of hydrogen-bond acceptors (Lipinski definition) is 4. The molecule has 0 saturated heterocycles. The molecule has 0 fully saturated rings. The van der Waals surface area contributed by atoms with Gasteiger partial charge < -0.3 is 14.9 Å². The smallest absolute Gasteiger partial charge is 0.292 e. The summed E-state index contributed by atoms with van der Waals surface area (Å²) in [6.07, 6.45) is 1.42. The molecule has 0 aliphatic heterocycles. The van der Waals surface area contributed by atoms with Crippen LogP contribution in [0.4, 0.5) is 6.01 Å². The number of nitrogens with zero attached hydrogens (tertiary/aromatic N) is 1. The van der Waals surface area contributed by atoms with Crippen LogP contribution in [0.3, 0.4) is 0 Å². The van der Waals surface area contributed by atoms with Crippen molar-refractivity contribution < 1.29 is 9.15 Å². The van der Waals surface area contributed by atoms with Crippen LogP contribution in [0.25, 0.3) is 11.3 Å². The average Bonchev–Trinajstić information content (AvgIpc) is 2.67. The van der Waals surface area contributed by atoms with Gasteiger partial charge in [-0.15, -0.1) is 0 Å².